The fraction of sp³-hybridized carbons (Fsp3) is 0.444. The predicted molar refractivity (Wildman–Crippen MR) is 101 cm³/mol. The van der Waals surface area contributed by atoms with Crippen LogP contribution in [0.1, 0.15) is 18.5 Å². The molecule has 1 atom stereocenters. The molecule has 0 saturated carbocycles. The van der Waals surface area contributed by atoms with Crippen LogP contribution in [0, 0.1) is 5.92 Å². The molecule has 6 heteroatoms. The van der Waals surface area contributed by atoms with Gasteiger partial charge in [0, 0.05) is 45.7 Å². The van der Waals surface area contributed by atoms with E-state index in [4.69, 9.17) is 5.73 Å². The number of nitrogens with one attached hydrogen (secondary N) is 1. The number of nitrogens with zero attached hydrogens (tertiary/aromatic N) is 4. The smallest absolute Gasteiger partial charge is 0.175 e. The highest BCUT2D eigenvalue weighted by Crippen LogP contribution is 2.17. The number of hydrogen-bond donors (Lipinski definition) is 2. The highest BCUT2D eigenvalue weighted by Gasteiger charge is 2.11. The van der Waals surface area contributed by atoms with E-state index < -0.39 is 0 Å². The van der Waals surface area contributed by atoms with Gasteiger partial charge in [0.15, 0.2) is 11.3 Å². The molecule has 24 heavy (non-hydrogen) atoms. The quantitative estimate of drug-likeness (QED) is 0.805. The second-order valence-corrected chi connectivity index (χ2v) is 6.15. The van der Waals surface area contributed by atoms with Crippen molar-refractivity contribution in [1.29, 1.82) is 0 Å². The van der Waals surface area contributed by atoms with Crippen molar-refractivity contribution in [3.8, 4) is 0 Å². The van der Waals surface area contributed by atoms with E-state index in [1.807, 2.05) is 35.8 Å². The largest absolute Gasteiger partial charge is 0.383 e. The van der Waals surface area contributed by atoms with Crippen molar-refractivity contribution < 1.29 is 0 Å². The summed E-state index contributed by atoms with van der Waals surface area (Å²) in [6, 6.07) is 0. The second-order valence-electron chi connectivity index (χ2n) is 6.15. The van der Waals surface area contributed by atoms with Crippen LogP contribution in [-0.4, -0.2) is 48.7 Å². The molecule has 0 aliphatic carbocycles. The van der Waals surface area contributed by atoms with Crippen LogP contribution in [0.15, 0.2) is 36.1 Å². The molecule has 1 aliphatic heterocycles. The van der Waals surface area contributed by atoms with Crippen LogP contribution in [0.25, 0.3) is 11.8 Å². The van der Waals surface area contributed by atoms with Crippen LogP contribution in [0.2, 0.25) is 0 Å². The molecular weight excluding hydrogens is 300 g/mol. The molecule has 1 aromatic heterocycles. The summed E-state index contributed by atoms with van der Waals surface area (Å²) in [6.45, 7) is 6.04. The van der Waals surface area contributed by atoms with Crippen molar-refractivity contribution in [2.75, 3.05) is 40.0 Å². The van der Waals surface area contributed by atoms with Gasteiger partial charge in [0.2, 0.25) is 0 Å². The molecule has 0 amide bonds. The van der Waals surface area contributed by atoms with E-state index in [1.165, 1.54) is 12.8 Å². The lowest BCUT2D eigenvalue weighted by atomic mass is 10.00. The van der Waals surface area contributed by atoms with E-state index in [0.717, 1.165) is 24.4 Å². The number of aromatic nitrogens is 2. The van der Waals surface area contributed by atoms with Gasteiger partial charge in [-0.1, -0.05) is 18.7 Å². The highest BCUT2D eigenvalue weighted by molar-refractivity contribution is 5.72. The molecule has 1 fully saturated rings. The molecule has 3 N–H and O–H groups in total. The lowest BCUT2D eigenvalue weighted by molar-refractivity contribution is 0.439. The van der Waals surface area contributed by atoms with Crippen LogP contribution >= 0.6 is 0 Å². The maximum Gasteiger partial charge on any atom is 0.175 e. The minimum atomic E-state index is 0.418. The molecule has 2 heterocycles. The number of nitrogens with two attached hydrogens (primary N) is 1. The molecule has 1 unspecified atom stereocenters. The van der Waals surface area contributed by atoms with Crippen molar-refractivity contribution >= 4 is 17.6 Å². The van der Waals surface area contributed by atoms with E-state index in [-0.39, 0.29) is 0 Å². The molecule has 0 aromatic carbocycles. The summed E-state index contributed by atoms with van der Waals surface area (Å²) in [5, 5.41) is 3.43. The number of piperidine rings is 1. The Morgan fingerprint density at radius 2 is 2.33 bits per heavy atom. The van der Waals surface area contributed by atoms with Crippen LogP contribution in [0.5, 0.6) is 0 Å². The Bertz CT molecular complexity index is 690. The maximum atomic E-state index is 6.02. The monoisotopic (exact) mass is 328 g/mol. The molecule has 0 spiro atoms. The van der Waals surface area contributed by atoms with Crippen molar-refractivity contribution in [3.63, 3.8) is 0 Å². The number of anilines is 1. The zero-order chi connectivity index (χ0) is 17.5. The Kier molecular flexibility index (Phi) is 6.37. The lowest BCUT2D eigenvalue weighted by Crippen LogP contribution is -2.29. The molecule has 2 rings (SSSR count). The van der Waals surface area contributed by atoms with Gasteiger partial charge >= 0.3 is 0 Å². The molecule has 1 aliphatic rings. The van der Waals surface area contributed by atoms with E-state index in [2.05, 4.69) is 34.1 Å². The van der Waals surface area contributed by atoms with Crippen molar-refractivity contribution in [1.82, 2.24) is 19.8 Å². The van der Waals surface area contributed by atoms with Gasteiger partial charge in [0.1, 0.15) is 0 Å². The fourth-order valence-corrected chi connectivity index (χ4v) is 2.83. The van der Waals surface area contributed by atoms with Crippen molar-refractivity contribution in [2.24, 2.45) is 10.9 Å². The molecule has 0 radical (unpaired) electrons. The van der Waals surface area contributed by atoms with Crippen LogP contribution in [0.4, 0.5) is 5.82 Å². The number of nitrogen functional groups attached to an aromatic ring is 1. The SMILES string of the molecule is C=C/C(=C\N(C)C)c1cnc(N)c(=NC)n1/C=C/C1CCCNC1. The van der Waals surface area contributed by atoms with Crippen molar-refractivity contribution in [2.45, 2.75) is 12.8 Å². The van der Waals surface area contributed by atoms with E-state index in [0.29, 0.717) is 17.2 Å². The molecule has 0 bridgehead atoms. The summed E-state index contributed by atoms with van der Waals surface area (Å²) in [7, 11) is 5.69. The van der Waals surface area contributed by atoms with Gasteiger partial charge in [-0.2, -0.15) is 0 Å². The van der Waals surface area contributed by atoms with E-state index >= 15 is 0 Å². The summed E-state index contributed by atoms with van der Waals surface area (Å²) in [6.07, 6.45) is 12.3. The molecule has 130 valence electrons. The Morgan fingerprint density at radius 1 is 1.54 bits per heavy atom. The summed E-state index contributed by atoms with van der Waals surface area (Å²) in [5.74, 6) is 0.934. The van der Waals surface area contributed by atoms with E-state index in [9.17, 15) is 0 Å². The minimum Gasteiger partial charge on any atom is -0.383 e. The summed E-state index contributed by atoms with van der Waals surface area (Å²) < 4.78 is 1.99. The van der Waals surface area contributed by atoms with Gasteiger partial charge in [-0.25, -0.2) is 4.98 Å². The maximum absolute atomic E-state index is 6.02. The first-order chi connectivity index (χ1) is 11.6. The van der Waals surface area contributed by atoms with Crippen LogP contribution < -0.4 is 16.5 Å². The average Bonchev–Trinajstić information content (AvgIpc) is 2.59. The first-order valence-electron chi connectivity index (χ1n) is 8.26. The molecule has 1 aromatic rings. The molecule has 6 nitrogen and oxygen atoms in total. The zero-order valence-electron chi connectivity index (χ0n) is 14.9. The first-order valence-corrected chi connectivity index (χ1v) is 8.26. The first kappa shape index (κ1) is 18.0. The Balaban J connectivity index is 2.51. The van der Waals surface area contributed by atoms with Gasteiger partial charge in [-0.15, -0.1) is 0 Å². The Morgan fingerprint density at radius 3 is 2.92 bits per heavy atom. The van der Waals surface area contributed by atoms with Gasteiger partial charge < -0.3 is 16.0 Å². The number of rotatable bonds is 5. The lowest BCUT2D eigenvalue weighted by Gasteiger charge is -2.20. The second kappa shape index (κ2) is 8.49. The third-order valence-corrected chi connectivity index (χ3v) is 4.01. The van der Waals surface area contributed by atoms with E-state index in [1.54, 1.807) is 13.2 Å². The molecule has 1 saturated heterocycles. The third kappa shape index (κ3) is 4.35. The standard InChI is InChI=1S/C18H28N6/c1-5-15(13-23(3)4)16-12-22-17(19)18(20-2)24(16)10-8-14-7-6-9-21-11-14/h5,8,10,12-14,21H,1,6-7,9,11H2,2-4H3,(H2,19,22)/b10-8+,15-13+,20-18?. The van der Waals surface area contributed by atoms with Crippen LogP contribution in [-0.2, 0) is 0 Å². The zero-order valence-corrected chi connectivity index (χ0v) is 14.9. The minimum absolute atomic E-state index is 0.418. The van der Waals surface area contributed by atoms with Gasteiger partial charge in [0.05, 0.1) is 11.9 Å². The van der Waals surface area contributed by atoms with Gasteiger partial charge in [-0.05, 0) is 25.3 Å². The Labute approximate surface area is 144 Å². The van der Waals surface area contributed by atoms with Gasteiger partial charge in [0.25, 0.3) is 0 Å². The average molecular weight is 328 g/mol. The topological polar surface area (TPSA) is 71.5 Å². The van der Waals surface area contributed by atoms with Crippen LogP contribution in [0.3, 0.4) is 0 Å². The number of allylic oxidation sites excluding steroid dienone is 2. The third-order valence-electron chi connectivity index (χ3n) is 4.01. The normalized spacial score (nSPS) is 19.7. The Hall–Kier alpha value is -2.34. The number of hydrogen-bond acceptors (Lipinski definition) is 5. The molecular formula is C18H28N6. The predicted octanol–water partition coefficient (Wildman–Crippen LogP) is 1.55. The highest BCUT2D eigenvalue weighted by atomic mass is 15.1. The summed E-state index contributed by atoms with van der Waals surface area (Å²) in [4.78, 5) is 10.6. The fourth-order valence-electron chi connectivity index (χ4n) is 2.83. The summed E-state index contributed by atoms with van der Waals surface area (Å²) in [5.41, 5.74) is 8.55. The summed E-state index contributed by atoms with van der Waals surface area (Å²) >= 11 is 0. The van der Waals surface area contributed by atoms with Crippen molar-refractivity contribution in [3.05, 3.63) is 42.3 Å². The van der Waals surface area contributed by atoms with Gasteiger partial charge in [-0.3, -0.25) is 9.56 Å².